The van der Waals surface area contributed by atoms with E-state index >= 15 is 0 Å². The minimum Gasteiger partial charge on any atom is -0.469 e. The molecule has 1 aromatic carbocycles. The molecule has 128 valence electrons. The van der Waals surface area contributed by atoms with Crippen LogP contribution in [0.4, 0.5) is 0 Å². The maximum absolute atomic E-state index is 11.7. The highest BCUT2D eigenvalue weighted by molar-refractivity contribution is 5.73. The number of aromatic nitrogens is 2. The number of esters is 1. The number of rotatable bonds is 4. The first-order chi connectivity index (χ1) is 12.1. The predicted octanol–water partition coefficient (Wildman–Crippen LogP) is 1.91. The van der Waals surface area contributed by atoms with Crippen LogP contribution in [0.15, 0.2) is 35.7 Å². The summed E-state index contributed by atoms with van der Waals surface area (Å²) in [6, 6.07) is 10.1. The van der Waals surface area contributed by atoms with E-state index in [4.69, 9.17) is 15.2 Å². The second-order valence-electron chi connectivity index (χ2n) is 5.69. The summed E-state index contributed by atoms with van der Waals surface area (Å²) < 4.78 is 10.2. The molecule has 0 saturated carbocycles. The highest BCUT2D eigenvalue weighted by Gasteiger charge is 2.35. The maximum atomic E-state index is 11.7. The van der Waals surface area contributed by atoms with Crippen LogP contribution in [0.5, 0.6) is 5.88 Å². The number of aryl methyl sites for hydroxylation is 1. The molecular formula is C18H18N4O3. The van der Waals surface area contributed by atoms with E-state index < -0.39 is 11.9 Å². The summed E-state index contributed by atoms with van der Waals surface area (Å²) in [5.41, 5.74) is 9.47. The standard InChI is InChI=1S/C18H18N4O3/c1-3-10-4-6-11(7-5-10)15-12(9-19)17(20)25-18-16(15)13(21-22-18)8-14(23)24-2/h4-7,15H,3,8,20H2,1-2H3,(H,21,22)/t15-/m1/s1. The fourth-order valence-corrected chi connectivity index (χ4v) is 2.94. The van der Waals surface area contributed by atoms with Crippen LogP contribution in [0.2, 0.25) is 0 Å². The van der Waals surface area contributed by atoms with Crippen LogP contribution in [0.25, 0.3) is 0 Å². The Kier molecular flexibility index (Phi) is 4.44. The number of ether oxygens (including phenoxy) is 2. The fraction of sp³-hybridized carbons (Fsp3) is 0.278. The molecule has 3 N–H and O–H groups in total. The number of nitrogens with one attached hydrogen (secondary N) is 1. The van der Waals surface area contributed by atoms with Crippen LogP contribution >= 0.6 is 0 Å². The number of H-pyrrole nitrogens is 1. The molecule has 3 rings (SSSR count). The second kappa shape index (κ2) is 6.69. The average Bonchev–Trinajstić information content (AvgIpc) is 3.02. The van der Waals surface area contributed by atoms with Crippen molar-refractivity contribution in [2.24, 2.45) is 5.73 Å². The summed E-state index contributed by atoms with van der Waals surface area (Å²) >= 11 is 0. The number of aromatic amines is 1. The van der Waals surface area contributed by atoms with Gasteiger partial charge in [-0.3, -0.25) is 9.89 Å². The molecule has 1 aromatic heterocycles. The average molecular weight is 338 g/mol. The zero-order valence-corrected chi connectivity index (χ0v) is 14.0. The first-order valence-electron chi connectivity index (χ1n) is 7.89. The van der Waals surface area contributed by atoms with Gasteiger partial charge in [0.2, 0.25) is 11.8 Å². The molecule has 0 bridgehead atoms. The van der Waals surface area contributed by atoms with Gasteiger partial charge in [0, 0.05) is 0 Å². The van der Waals surface area contributed by atoms with Gasteiger partial charge in [-0.1, -0.05) is 31.2 Å². The van der Waals surface area contributed by atoms with Crippen molar-refractivity contribution < 1.29 is 14.3 Å². The van der Waals surface area contributed by atoms with E-state index in [9.17, 15) is 10.1 Å². The third kappa shape index (κ3) is 2.94. The summed E-state index contributed by atoms with van der Waals surface area (Å²) in [6.07, 6.45) is 0.923. The van der Waals surface area contributed by atoms with Crippen molar-refractivity contribution in [2.45, 2.75) is 25.7 Å². The zero-order chi connectivity index (χ0) is 18.0. The van der Waals surface area contributed by atoms with Crippen LogP contribution in [0.1, 0.15) is 35.2 Å². The van der Waals surface area contributed by atoms with Gasteiger partial charge in [0.15, 0.2) is 0 Å². The third-order valence-electron chi connectivity index (χ3n) is 4.29. The highest BCUT2D eigenvalue weighted by atomic mass is 16.5. The first-order valence-corrected chi connectivity index (χ1v) is 7.89. The lowest BCUT2D eigenvalue weighted by molar-refractivity contribution is -0.139. The normalized spacial score (nSPS) is 16.0. The molecule has 0 unspecified atom stereocenters. The van der Waals surface area contributed by atoms with E-state index in [0.29, 0.717) is 16.8 Å². The van der Waals surface area contributed by atoms with Gasteiger partial charge >= 0.3 is 5.97 Å². The maximum Gasteiger partial charge on any atom is 0.311 e. The van der Waals surface area contributed by atoms with Crippen molar-refractivity contribution in [3.8, 4) is 11.9 Å². The Hall–Kier alpha value is -3.27. The number of allylic oxidation sites excluding steroid dienone is 1. The Morgan fingerprint density at radius 1 is 1.44 bits per heavy atom. The SMILES string of the molecule is CCc1ccc([C@@H]2C(C#N)=C(N)Oc3n[nH]c(CC(=O)OC)c32)cc1. The first kappa shape index (κ1) is 16.6. The number of hydrogen-bond donors (Lipinski definition) is 2. The largest absolute Gasteiger partial charge is 0.469 e. The number of benzene rings is 1. The van der Waals surface area contributed by atoms with E-state index in [0.717, 1.165) is 12.0 Å². The number of methoxy groups -OCH3 is 1. The number of nitrogens with zero attached hydrogens (tertiary/aromatic N) is 2. The molecule has 0 fully saturated rings. The Morgan fingerprint density at radius 2 is 2.16 bits per heavy atom. The summed E-state index contributed by atoms with van der Waals surface area (Å²) in [6.45, 7) is 2.07. The zero-order valence-electron chi connectivity index (χ0n) is 14.0. The van der Waals surface area contributed by atoms with Crippen molar-refractivity contribution in [3.05, 3.63) is 58.1 Å². The molecule has 1 atom stereocenters. The molecule has 2 heterocycles. The quantitative estimate of drug-likeness (QED) is 0.823. The van der Waals surface area contributed by atoms with Gasteiger partial charge in [-0.15, -0.1) is 5.10 Å². The highest BCUT2D eigenvalue weighted by Crippen LogP contribution is 2.42. The van der Waals surface area contributed by atoms with Crippen LogP contribution in [0.3, 0.4) is 0 Å². The van der Waals surface area contributed by atoms with E-state index in [1.807, 2.05) is 24.3 Å². The van der Waals surface area contributed by atoms with Crippen LogP contribution in [-0.4, -0.2) is 23.3 Å². The summed E-state index contributed by atoms with van der Waals surface area (Å²) in [5, 5.41) is 16.5. The van der Waals surface area contributed by atoms with Crippen LogP contribution in [-0.2, 0) is 22.4 Å². The third-order valence-corrected chi connectivity index (χ3v) is 4.29. The van der Waals surface area contributed by atoms with Gasteiger partial charge in [0.05, 0.1) is 30.7 Å². The predicted molar refractivity (Wildman–Crippen MR) is 89.4 cm³/mol. The van der Waals surface area contributed by atoms with E-state index in [-0.39, 0.29) is 18.2 Å². The van der Waals surface area contributed by atoms with Crippen molar-refractivity contribution in [1.29, 1.82) is 5.26 Å². The van der Waals surface area contributed by atoms with Crippen molar-refractivity contribution in [1.82, 2.24) is 10.2 Å². The lowest BCUT2D eigenvalue weighted by Crippen LogP contribution is -2.21. The molecule has 2 aromatic rings. The van der Waals surface area contributed by atoms with Crippen molar-refractivity contribution in [2.75, 3.05) is 7.11 Å². The second-order valence-corrected chi connectivity index (χ2v) is 5.69. The van der Waals surface area contributed by atoms with Crippen LogP contribution < -0.4 is 10.5 Å². The Bertz CT molecular complexity index is 875. The van der Waals surface area contributed by atoms with Gasteiger partial charge in [-0.25, -0.2) is 0 Å². The molecule has 25 heavy (non-hydrogen) atoms. The topological polar surface area (TPSA) is 114 Å². The monoisotopic (exact) mass is 338 g/mol. The molecule has 0 spiro atoms. The van der Waals surface area contributed by atoms with Gasteiger partial charge in [-0.2, -0.15) is 5.26 Å². The smallest absolute Gasteiger partial charge is 0.311 e. The Balaban J connectivity index is 2.13. The van der Waals surface area contributed by atoms with Gasteiger partial charge in [0.1, 0.15) is 11.6 Å². The number of carbonyl (C=O) groups is 1. The number of nitriles is 1. The molecule has 0 saturated heterocycles. The summed E-state index contributed by atoms with van der Waals surface area (Å²) in [7, 11) is 1.32. The summed E-state index contributed by atoms with van der Waals surface area (Å²) in [4.78, 5) is 11.7. The fourth-order valence-electron chi connectivity index (χ4n) is 2.94. The number of carbonyl (C=O) groups excluding carboxylic acids is 1. The molecule has 1 aliphatic rings. The summed E-state index contributed by atoms with van der Waals surface area (Å²) in [5.74, 6) is -0.554. The Labute approximate surface area is 145 Å². The molecule has 7 heteroatoms. The van der Waals surface area contributed by atoms with Crippen LogP contribution in [0, 0.1) is 11.3 Å². The molecule has 0 aliphatic carbocycles. The van der Waals surface area contributed by atoms with Crippen molar-refractivity contribution >= 4 is 5.97 Å². The molecule has 0 radical (unpaired) electrons. The van der Waals surface area contributed by atoms with E-state index in [1.165, 1.54) is 12.7 Å². The minimum absolute atomic E-state index is 0.00432. The minimum atomic E-state index is -0.446. The van der Waals surface area contributed by atoms with Gasteiger partial charge in [0.25, 0.3) is 0 Å². The Morgan fingerprint density at radius 3 is 2.76 bits per heavy atom. The molecular weight excluding hydrogens is 320 g/mol. The van der Waals surface area contributed by atoms with Gasteiger partial charge < -0.3 is 15.2 Å². The van der Waals surface area contributed by atoms with Gasteiger partial charge in [-0.05, 0) is 17.5 Å². The van der Waals surface area contributed by atoms with E-state index in [1.54, 1.807) is 0 Å². The lowest BCUT2D eigenvalue weighted by Gasteiger charge is -2.24. The molecule has 0 amide bonds. The van der Waals surface area contributed by atoms with Crippen molar-refractivity contribution in [3.63, 3.8) is 0 Å². The number of hydrogen-bond acceptors (Lipinski definition) is 6. The number of nitrogens with two attached hydrogens (primary N) is 1. The molecule has 1 aliphatic heterocycles. The lowest BCUT2D eigenvalue weighted by atomic mass is 9.83. The molecule has 7 nitrogen and oxygen atoms in total. The van der Waals surface area contributed by atoms with E-state index in [2.05, 4.69) is 23.2 Å². The number of fused-ring (bicyclic) bond motifs is 1.